The molecule has 0 saturated heterocycles. The topological polar surface area (TPSA) is 22.1 Å². The van der Waals surface area contributed by atoms with Crippen molar-refractivity contribution in [2.24, 2.45) is 0 Å². The molecule has 0 spiro atoms. The Labute approximate surface area is 117 Å². The lowest BCUT2D eigenvalue weighted by molar-refractivity contribution is 0.416. The van der Waals surface area contributed by atoms with E-state index in [1.165, 1.54) is 10.6 Å². The van der Waals surface area contributed by atoms with Gasteiger partial charge in [-0.2, -0.15) is 12.6 Å². The molecule has 18 heavy (non-hydrogen) atoms. The number of ether oxygens (including phenoxy) is 1. The monoisotopic (exact) mass is 279 g/mol. The van der Waals surface area contributed by atoms with E-state index in [1.807, 2.05) is 18.2 Å². The number of thiol groups is 1. The molecule has 0 unspecified atom stereocenters. The van der Waals surface area contributed by atoms with Crippen LogP contribution < -0.4 is 4.74 Å². The summed E-state index contributed by atoms with van der Waals surface area (Å²) < 4.78 is 5.39. The summed E-state index contributed by atoms with van der Waals surface area (Å²) in [4.78, 5) is 6.00. The first-order valence-electron chi connectivity index (χ1n) is 6.03. The summed E-state index contributed by atoms with van der Waals surface area (Å²) in [5.74, 6) is 1.63. The molecule has 0 atom stereocenters. The van der Waals surface area contributed by atoms with Gasteiger partial charge in [-0.05, 0) is 18.6 Å². The molecule has 2 aromatic rings. The number of thiazole rings is 1. The molecule has 1 aromatic heterocycles. The molecule has 1 heterocycles. The summed E-state index contributed by atoms with van der Waals surface area (Å²) in [5.41, 5.74) is 2.24. The largest absolute Gasteiger partial charge is 0.496 e. The molecule has 0 bridgehead atoms. The Morgan fingerprint density at radius 3 is 2.78 bits per heavy atom. The predicted molar refractivity (Wildman–Crippen MR) is 80.8 cm³/mol. The molecule has 0 radical (unpaired) electrons. The Kier molecular flexibility index (Phi) is 4.66. The van der Waals surface area contributed by atoms with Crippen LogP contribution in [0, 0.1) is 0 Å². The Morgan fingerprint density at radius 2 is 2.11 bits per heavy atom. The highest BCUT2D eigenvalue weighted by atomic mass is 32.1. The van der Waals surface area contributed by atoms with Crippen LogP contribution in [0.5, 0.6) is 5.75 Å². The van der Waals surface area contributed by atoms with E-state index >= 15 is 0 Å². The lowest BCUT2D eigenvalue weighted by Gasteiger charge is -2.04. The van der Waals surface area contributed by atoms with E-state index in [0.717, 1.165) is 34.9 Å². The molecule has 0 saturated carbocycles. The van der Waals surface area contributed by atoms with Crippen molar-refractivity contribution in [3.63, 3.8) is 0 Å². The van der Waals surface area contributed by atoms with Gasteiger partial charge in [0.25, 0.3) is 0 Å². The van der Waals surface area contributed by atoms with Crippen molar-refractivity contribution in [2.45, 2.75) is 25.5 Å². The second-order valence-corrected chi connectivity index (χ2v) is 5.40. The maximum atomic E-state index is 5.39. The third-order valence-corrected chi connectivity index (χ3v) is 4.41. The average molecular weight is 279 g/mol. The van der Waals surface area contributed by atoms with Crippen LogP contribution in [-0.2, 0) is 12.2 Å². The Balaban J connectivity index is 2.44. The van der Waals surface area contributed by atoms with Gasteiger partial charge in [0.2, 0.25) is 0 Å². The van der Waals surface area contributed by atoms with Gasteiger partial charge >= 0.3 is 0 Å². The van der Waals surface area contributed by atoms with Crippen molar-refractivity contribution in [3.05, 3.63) is 34.8 Å². The van der Waals surface area contributed by atoms with E-state index in [0.29, 0.717) is 0 Å². The number of nitrogens with zero attached hydrogens (tertiary/aromatic N) is 1. The minimum absolute atomic E-state index is 0.752. The molecule has 0 N–H and O–H groups in total. The summed E-state index contributed by atoms with van der Waals surface area (Å²) >= 11 is 6.10. The molecule has 0 fully saturated rings. The zero-order valence-electron chi connectivity index (χ0n) is 10.6. The predicted octanol–water partition coefficient (Wildman–Crippen LogP) is 4.20. The number of aromatic nitrogens is 1. The molecule has 0 aliphatic heterocycles. The van der Waals surface area contributed by atoms with E-state index in [9.17, 15) is 0 Å². The molecule has 0 aliphatic carbocycles. The van der Waals surface area contributed by atoms with E-state index in [4.69, 9.17) is 9.72 Å². The number of para-hydroxylation sites is 1. The third-order valence-electron chi connectivity index (χ3n) is 2.75. The van der Waals surface area contributed by atoms with E-state index < -0.39 is 0 Å². The summed E-state index contributed by atoms with van der Waals surface area (Å²) in [5, 5.41) is 1.03. The molecule has 2 nitrogen and oxygen atoms in total. The number of aryl methyl sites for hydroxylation is 1. The van der Waals surface area contributed by atoms with Crippen molar-refractivity contribution >= 4 is 24.0 Å². The molecule has 1 aromatic carbocycles. The maximum Gasteiger partial charge on any atom is 0.129 e. The zero-order valence-corrected chi connectivity index (χ0v) is 12.4. The third kappa shape index (κ3) is 2.70. The smallest absolute Gasteiger partial charge is 0.129 e. The van der Waals surface area contributed by atoms with Gasteiger partial charge in [-0.3, -0.25) is 0 Å². The minimum Gasteiger partial charge on any atom is -0.496 e. The summed E-state index contributed by atoms with van der Waals surface area (Å²) in [7, 11) is 1.69. The van der Waals surface area contributed by atoms with Gasteiger partial charge in [-0.15, -0.1) is 11.3 Å². The molecular formula is C14H17NOS2. The highest BCUT2D eigenvalue weighted by Gasteiger charge is 2.13. The second kappa shape index (κ2) is 6.25. The fraction of sp³-hybridized carbons (Fsp3) is 0.357. The lowest BCUT2D eigenvalue weighted by atomic mass is 10.2. The van der Waals surface area contributed by atoms with Crippen LogP contribution >= 0.6 is 24.0 Å². The van der Waals surface area contributed by atoms with E-state index in [2.05, 4.69) is 25.6 Å². The number of hydrogen-bond donors (Lipinski definition) is 1. The van der Waals surface area contributed by atoms with Gasteiger partial charge in [0.05, 0.1) is 18.4 Å². The highest BCUT2D eigenvalue weighted by Crippen LogP contribution is 2.35. The Hall–Kier alpha value is -1.00. The zero-order chi connectivity index (χ0) is 13.0. The van der Waals surface area contributed by atoms with Gasteiger partial charge in [-0.25, -0.2) is 4.98 Å². The molecule has 2 rings (SSSR count). The summed E-state index contributed by atoms with van der Waals surface area (Å²) in [6.07, 6.45) is 2.12. The Morgan fingerprint density at radius 1 is 1.33 bits per heavy atom. The van der Waals surface area contributed by atoms with Gasteiger partial charge in [0.1, 0.15) is 10.8 Å². The Bertz CT molecular complexity index is 522. The second-order valence-electron chi connectivity index (χ2n) is 4.00. The molecular weight excluding hydrogens is 262 g/mol. The molecule has 4 heteroatoms. The van der Waals surface area contributed by atoms with Crippen LogP contribution in [-0.4, -0.2) is 12.1 Å². The lowest BCUT2D eigenvalue weighted by Crippen LogP contribution is -1.89. The number of rotatable bonds is 5. The number of hydrogen-bond acceptors (Lipinski definition) is 4. The van der Waals surface area contributed by atoms with Gasteiger partial charge in [0, 0.05) is 10.6 Å². The number of benzene rings is 1. The minimum atomic E-state index is 0.752. The van der Waals surface area contributed by atoms with E-state index in [1.54, 1.807) is 18.4 Å². The standard InChI is InChI=1S/C14H17NOS2/c1-3-6-11-13(9-17)18-14(15-11)10-7-4-5-8-12(10)16-2/h4-5,7-8,17H,3,6,9H2,1-2H3. The van der Waals surface area contributed by atoms with Crippen molar-refractivity contribution in [1.82, 2.24) is 4.98 Å². The van der Waals surface area contributed by atoms with Crippen LogP contribution in [0.3, 0.4) is 0 Å². The van der Waals surface area contributed by atoms with Crippen molar-refractivity contribution in [2.75, 3.05) is 7.11 Å². The molecule has 96 valence electrons. The van der Waals surface area contributed by atoms with Crippen molar-refractivity contribution in [1.29, 1.82) is 0 Å². The SMILES string of the molecule is CCCc1nc(-c2ccccc2OC)sc1CS. The number of methoxy groups -OCH3 is 1. The fourth-order valence-electron chi connectivity index (χ4n) is 1.88. The van der Waals surface area contributed by atoms with Crippen LogP contribution in [0.15, 0.2) is 24.3 Å². The normalized spacial score (nSPS) is 10.6. The molecule has 0 amide bonds. The van der Waals surface area contributed by atoms with Crippen molar-refractivity contribution in [3.8, 4) is 16.3 Å². The first-order chi connectivity index (χ1) is 8.80. The van der Waals surface area contributed by atoms with Gasteiger partial charge in [0.15, 0.2) is 0 Å². The van der Waals surface area contributed by atoms with E-state index in [-0.39, 0.29) is 0 Å². The summed E-state index contributed by atoms with van der Waals surface area (Å²) in [6.45, 7) is 2.17. The first kappa shape index (κ1) is 13.4. The van der Waals surface area contributed by atoms with Crippen LogP contribution in [0.4, 0.5) is 0 Å². The maximum absolute atomic E-state index is 5.39. The molecule has 0 aliphatic rings. The quantitative estimate of drug-likeness (QED) is 0.829. The average Bonchev–Trinajstić information content (AvgIpc) is 2.82. The first-order valence-corrected chi connectivity index (χ1v) is 7.47. The summed E-state index contributed by atoms with van der Waals surface area (Å²) in [6, 6.07) is 8.01. The van der Waals surface area contributed by atoms with Gasteiger partial charge < -0.3 is 4.74 Å². The van der Waals surface area contributed by atoms with Gasteiger partial charge in [-0.1, -0.05) is 25.5 Å². The van der Waals surface area contributed by atoms with Crippen LogP contribution in [0.25, 0.3) is 10.6 Å². The highest BCUT2D eigenvalue weighted by molar-refractivity contribution is 7.79. The van der Waals surface area contributed by atoms with Crippen LogP contribution in [0.2, 0.25) is 0 Å². The van der Waals surface area contributed by atoms with Crippen LogP contribution in [0.1, 0.15) is 23.9 Å². The van der Waals surface area contributed by atoms with Crippen molar-refractivity contribution < 1.29 is 4.74 Å². The fourth-order valence-corrected chi connectivity index (χ4v) is 3.25.